The zero-order valence-corrected chi connectivity index (χ0v) is 21.6. The van der Waals surface area contributed by atoms with E-state index < -0.39 is 0 Å². The van der Waals surface area contributed by atoms with E-state index in [1.165, 1.54) is 28.0 Å². The van der Waals surface area contributed by atoms with Crippen LogP contribution in [0.25, 0.3) is 5.57 Å². The Balaban J connectivity index is 2.48. The molecule has 1 nitrogen and oxygen atoms in total. The summed E-state index contributed by atoms with van der Waals surface area (Å²) in [4.78, 5) is 2.26. The molecular formula is C33H41N. The number of aryl methyl sites for hydroxylation is 1. The van der Waals surface area contributed by atoms with Gasteiger partial charge in [0, 0.05) is 17.1 Å². The number of anilines is 2. The molecule has 0 radical (unpaired) electrons. The lowest BCUT2D eigenvalue weighted by Gasteiger charge is -2.28. The van der Waals surface area contributed by atoms with Gasteiger partial charge in [0.2, 0.25) is 0 Å². The van der Waals surface area contributed by atoms with Crippen LogP contribution in [0.5, 0.6) is 0 Å². The lowest BCUT2D eigenvalue weighted by atomic mass is 9.96. The summed E-state index contributed by atoms with van der Waals surface area (Å²) < 4.78 is 0. The molecule has 178 valence electrons. The Hall–Kier alpha value is -3.32. The number of hydrogen-bond donors (Lipinski definition) is 0. The normalized spacial score (nSPS) is 12.2. The number of para-hydroxylation sites is 1. The van der Waals surface area contributed by atoms with Crippen molar-refractivity contribution >= 4 is 16.9 Å². The molecule has 0 amide bonds. The highest BCUT2D eigenvalue weighted by atomic mass is 15.1. The molecule has 0 aliphatic carbocycles. The van der Waals surface area contributed by atoms with Gasteiger partial charge in [0.25, 0.3) is 0 Å². The van der Waals surface area contributed by atoms with Crippen molar-refractivity contribution in [1.82, 2.24) is 0 Å². The van der Waals surface area contributed by atoms with E-state index in [1.807, 2.05) is 13.0 Å². The van der Waals surface area contributed by atoms with Crippen molar-refractivity contribution in [3.8, 4) is 0 Å². The van der Waals surface area contributed by atoms with Crippen molar-refractivity contribution in [3.05, 3.63) is 127 Å². The summed E-state index contributed by atoms with van der Waals surface area (Å²) in [5.74, 6) is 0. The summed E-state index contributed by atoms with van der Waals surface area (Å²) in [5.41, 5.74) is 8.36. The summed E-state index contributed by atoms with van der Waals surface area (Å²) in [5, 5.41) is 0. The number of nitrogens with zero attached hydrogens (tertiary/aromatic N) is 1. The van der Waals surface area contributed by atoms with Crippen LogP contribution >= 0.6 is 0 Å². The molecule has 2 aromatic carbocycles. The lowest BCUT2D eigenvalue weighted by molar-refractivity contribution is 0.916. The summed E-state index contributed by atoms with van der Waals surface area (Å²) in [6.07, 6.45) is 20.1. The first kappa shape index (κ1) is 26.9. The van der Waals surface area contributed by atoms with Crippen molar-refractivity contribution < 1.29 is 0 Å². The molecule has 0 bridgehead atoms. The highest BCUT2D eigenvalue weighted by Crippen LogP contribution is 2.35. The molecule has 0 fully saturated rings. The number of hydrogen-bond acceptors (Lipinski definition) is 1. The summed E-state index contributed by atoms with van der Waals surface area (Å²) in [6.45, 7) is 17.1. The molecule has 0 N–H and O–H groups in total. The van der Waals surface area contributed by atoms with Gasteiger partial charge in [-0.3, -0.25) is 0 Å². The van der Waals surface area contributed by atoms with Crippen molar-refractivity contribution in [3.63, 3.8) is 0 Å². The second kappa shape index (κ2) is 14.8. The van der Waals surface area contributed by atoms with Crippen LogP contribution in [-0.4, -0.2) is 0 Å². The first-order chi connectivity index (χ1) is 16.5. The number of benzene rings is 2. The smallest absolute Gasteiger partial charge is 0.0493 e. The molecule has 0 spiro atoms. The molecule has 2 aromatic rings. The van der Waals surface area contributed by atoms with Gasteiger partial charge in [0.05, 0.1) is 0 Å². The highest BCUT2D eigenvalue weighted by molar-refractivity contribution is 5.79. The average molecular weight is 452 g/mol. The van der Waals surface area contributed by atoms with Crippen LogP contribution in [0.2, 0.25) is 0 Å². The first-order valence-electron chi connectivity index (χ1n) is 12.5. The molecule has 0 unspecified atom stereocenters. The Bertz CT molecular complexity index is 1050. The van der Waals surface area contributed by atoms with E-state index in [1.54, 1.807) is 0 Å². The van der Waals surface area contributed by atoms with E-state index in [-0.39, 0.29) is 0 Å². The predicted octanol–water partition coefficient (Wildman–Crippen LogP) is 10.1. The molecule has 0 saturated carbocycles. The number of rotatable bonds is 13. The fourth-order valence-electron chi connectivity index (χ4n) is 4.03. The van der Waals surface area contributed by atoms with Crippen molar-refractivity contribution in [1.29, 1.82) is 0 Å². The fraction of sp³-hybridized carbons (Fsp3) is 0.273. The molecule has 0 atom stereocenters. The van der Waals surface area contributed by atoms with E-state index in [0.29, 0.717) is 0 Å². The quantitative estimate of drug-likeness (QED) is 0.216. The van der Waals surface area contributed by atoms with E-state index in [9.17, 15) is 0 Å². The van der Waals surface area contributed by atoms with Gasteiger partial charge in [0.1, 0.15) is 0 Å². The van der Waals surface area contributed by atoms with Gasteiger partial charge in [-0.15, -0.1) is 0 Å². The monoisotopic (exact) mass is 451 g/mol. The van der Waals surface area contributed by atoms with E-state index in [4.69, 9.17) is 0 Å². The third-order valence-electron chi connectivity index (χ3n) is 5.69. The van der Waals surface area contributed by atoms with Gasteiger partial charge >= 0.3 is 0 Å². The Kier molecular flexibility index (Phi) is 11.7. The van der Waals surface area contributed by atoms with Gasteiger partial charge in [-0.25, -0.2) is 0 Å². The average Bonchev–Trinajstić information content (AvgIpc) is 2.84. The SMILES string of the molecule is C=C(C/C=C(\C=C/C)c1ccc(N(C(=C)/C=C\C)c2ccccc2)c(CCC)c1)CC/C=C\C. The maximum atomic E-state index is 4.37. The maximum Gasteiger partial charge on any atom is 0.0493 e. The van der Waals surface area contributed by atoms with Crippen LogP contribution in [0.1, 0.15) is 64.5 Å². The second-order valence-electron chi connectivity index (χ2n) is 8.48. The molecule has 0 aliphatic rings. The third-order valence-corrected chi connectivity index (χ3v) is 5.69. The third kappa shape index (κ3) is 7.92. The predicted molar refractivity (Wildman–Crippen MR) is 154 cm³/mol. The standard InChI is InChI=1S/C33H41N/c1-7-11-13-19-27(5)22-23-29(17-9-3)30-24-25-33(31(26-30)18-10-4)34(28(6)16-8-2)32-20-14-12-15-21-32/h7-9,11-12,14-17,20-21,23-26H,5-6,10,13,18-19,22H2,1-4H3/b11-7-,16-8-,17-9-,29-23+. The zero-order chi connectivity index (χ0) is 24.8. The van der Waals surface area contributed by atoms with Gasteiger partial charge in [0.15, 0.2) is 0 Å². The highest BCUT2D eigenvalue weighted by Gasteiger charge is 2.16. The van der Waals surface area contributed by atoms with Crippen LogP contribution in [0.3, 0.4) is 0 Å². The minimum absolute atomic E-state index is 0.899. The van der Waals surface area contributed by atoms with Crippen molar-refractivity contribution in [2.24, 2.45) is 0 Å². The minimum Gasteiger partial charge on any atom is -0.311 e. The van der Waals surface area contributed by atoms with Gasteiger partial charge in [-0.2, -0.15) is 0 Å². The van der Waals surface area contributed by atoms with Crippen LogP contribution < -0.4 is 4.90 Å². The van der Waals surface area contributed by atoms with E-state index in [0.717, 1.165) is 43.5 Å². The van der Waals surface area contributed by atoms with Gasteiger partial charge in [-0.1, -0.05) is 92.8 Å². The molecular weight excluding hydrogens is 410 g/mol. The Morgan fingerprint density at radius 2 is 1.65 bits per heavy atom. The molecule has 0 aromatic heterocycles. The summed E-state index contributed by atoms with van der Waals surface area (Å²) >= 11 is 0. The molecule has 1 heteroatoms. The lowest BCUT2D eigenvalue weighted by Crippen LogP contribution is -2.16. The van der Waals surface area contributed by atoms with Crippen LogP contribution in [-0.2, 0) is 6.42 Å². The van der Waals surface area contributed by atoms with Crippen LogP contribution in [0.4, 0.5) is 11.4 Å². The molecule has 0 aliphatic heterocycles. The Morgan fingerprint density at radius 3 is 2.29 bits per heavy atom. The second-order valence-corrected chi connectivity index (χ2v) is 8.48. The Morgan fingerprint density at radius 1 is 0.912 bits per heavy atom. The molecule has 34 heavy (non-hydrogen) atoms. The van der Waals surface area contributed by atoms with Crippen molar-refractivity contribution in [2.45, 2.75) is 59.8 Å². The van der Waals surface area contributed by atoms with Crippen molar-refractivity contribution in [2.75, 3.05) is 4.90 Å². The molecule has 0 heterocycles. The van der Waals surface area contributed by atoms with E-state index in [2.05, 4.69) is 124 Å². The van der Waals surface area contributed by atoms with Crippen LogP contribution in [0, 0.1) is 0 Å². The van der Waals surface area contributed by atoms with Gasteiger partial charge < -0.3 is 4.90 Å². The zero-order valence-electron chi connectivity index (χ0n) is 21.6. The minimum atomic E-state index is 0.899. The molecule has 2 rings (SSSR count). The summed E-state index contributed by atoms with van der Waals surface area (Å²) in [6, 6.07) is 17.3. The Labute approximate surface area is 208 Å². The largest absolute Gasteiger partial charge is 0.311 e. The maximum absolute atomic E-state index is 4.37. The van der Waals surface area contributed by atoms with Gasteiger partial charge in [-0.05, 0) is 93.5 Å². The van der Waals surface area contributed by atoms with Crippen LogP contribution in [0.15, 0.2) is 115 Å². The van der Waals surface area contributed by atoms with E-state index >= 15 is 0 Å². The first-order valence-corrected chi connectivity index (χ1v) is 12.5. The molecule has 0 saturated heterocycles. The number of allylic oxidation sites excluding steroid dienone is 9. The fourth-order valence-corrected chi connectivity index (χ4v) is 4.03. The summed E-state index contributed by atoms with van der Waals surface area (Å²) in [7, 11) is 0. The topological polar surface area (TPSA) is 3.24 Å².